The molecular formula is C19H16N2O3. The van der Waals surface area contributed by atoms with Gasteiger partial charge in [-0.3, -0.25) is 4.79 Å². The maximum atomic E-state index is 12.5. The van der Waals surface area contributed by atoms with Crippen LogP contribution < -0.4 is 0 Å². The lowest BCUT2D eigenvalue weighted by atomic mass is 10.1. The molecule has 2 aromatic carbocycles. The topological polar surface area (TPSA) is 60.2 Å². The van der Waals surface area contributed by atoms with Gasteiger partial charge in [0.15, 0.2) is 0 Å². The van der Waals surface area contributed by atoms with Crippen molar-refractivity contribution in [3.63, 3.8) is 0 Å². The summed E-state index contributed by atoms with van der Waals surface area (Å²) in [6, 6.07) is 19.2. The van der Waals surface area contributed by atoms with E-state index < -0.39 is 0 Å². The molecule has 0 saturated carbocycles. The lowest BCUT2D eigenvalue weighted by Crippen LogP contribution is -2.24. The van der Waals surface area contributed by atoms with Gasteiger partial charge >= 0.3 is 5.78 Å². The molecule has 4 rings (SSSR count). The van der Waals surface area contributed by atoms with Crippen LogP contribution in [0, 0.1) is 0 Å². The number of ether oxygens (including phenoxy) is 2. The third-order valence-corrected chi connectivity index (χ3v) is 4.06. The monoisotopic (exact) mass is 320 g/mol. The number of Topliss-reactive ketones (excluding diaryl/α,β-unsaturated/α-hetero) is 1. The van der Waals surface area contributed by atoms with Gasteiger partial charge in [0.1, 0.15) is 25.3 Å². The van der Waals surface area contributed by atoms with Crippen molar-refractivity contribution in [2.75, 3.05) is 13.2 Å². The number of benzene rings is 2. The summed E-state index contributed by atoms with van der Waals surface area (Å²) in [5, 5.41) is 0. The van der Waals surface area contributed by atoms with E-state index >= 15 is 0 Å². The van der Waals surface area contributed by atoms with E-state index in [1.807, 2.05) is 60.7 Å². The van der Waals surface area contributed by atoms with Crippen LogP contribution in [0.2, 0.25) is 0 Å². The summed E-state index contributed by atoms with van der Waals surface area (Å²) >= 11 is 0. The molecular weight excluding hydrogens is 304 g/mol. The third-order valence-electron chi connectivity index (χ3n) is 4.06. The van der Waals surface area contributed by atoms with Gasteiger partial charge in [0.25, 0.3) is 11.8 Å². The number of hydrogen-bond acceptors (Lipinski definition) is 5. The van der Waals surface area contributed by atoms with Crippen LogP contribution in [0.15, 0.2) is 70.6 Å². The van der Waals surface area contributed by atoms with Gasteiger partial charge in [0.05, 0.1) is 0 Å². The minimum atomic E-state index is -0.383. The van der Waals surface area contributed by atoms with Gasteiger partial charge < -0.3 is 9.47 Å². The molecule has 2 heterocycles. The van der Waals surface area contributed by atoms with Gasteiger partial charge in [-0.1, -0.05) is 60.7 Å². The SMILES string of the molecule is O=C(C1=N[C@H](c2ccccc2)CO1)C1=N[C@H](c2ccccc2)CO1. The highest BCUT2D eigenvalue weighted by molar-refractivity contribution is 6.63. The Morgan fingerprint density at radius 2 is 1.17 bits per heavy atom. The molecule has 24 heavy (non-hydrogen) atoms. The Morgan fingerprint density at radius 3 is 1.58 bits per heavy atom. The summed E-state index contributed by atoms with van der Waals surface area (Å²) in [5.41, 5.74) is 2.05. The number of aliphatic imine (C=N–C) groups is 2. The molecule has 0 saturated heterocycles. The molecule has 0 radical (unpaired) electrons. The van der Waals surface area contributed by atoms with Crippen LogP contribution in [0.4, 0.5) is 0 Å². The second-order valence-electron chi connectivity index (χ2n) is 5.67. The van der Waals surface area contributed by atoms with Crippen molar-refractivity contribution in [3.05, 3.63) is 71.8 Å². The Morgan fingerprint density at radius 1 is 0.750 bits per heavy atom. The standard InChI is InChI=1S/C19H16N2O3/c22-17(18-20-15(11-23-18)13-7-3-1-4-8-13)19-21-16(12-24-19)14-9-5-2-6-10-14/h1-10,15-16H,11-12H2/t15-,16-/m0/s1. The molecule has 0 aliphatic carbocycles. The number of nitrogens with zero attached hydrogens (tertiary/aromatic N) is 2. The molecule has 2 aromatic rings. The highest BCUT2D eigenvalue weighted by Crippen LogP contribution is 2.26. The minimum absolute atomic E-state index is 0.0799. The van der Waals surface area contributed by atoms with Crippen molar-refractivity contribution in [1.29, 1.82) is 0 Å². The van der Waals surface area contributed by atoms with Gasteiger partial charge in [-0.05, 0) is 11.1 Å². The summed E-state index contributed by atoms with van der Waals surface area (Å²) in [5.74, 6) is -0.223. The number of hydrogen-bond donors (Lipinski definition) is 0. The van der Waals surface area contributed by atoms with Gasteiger partial charge in [-0.15, -0.1) is 0 Å². The van der Waals surface area contributed by atoms with Crippen molar-refractivity contribution in [2.45, 2.75) is 12.1 Å². The Kier molecular flexibility index (Phi) is 3.83. The van der Waals surface area contributed by atoms with E-state index in [0.29, 0.717) is 13.2 Å². The van der Waals surface area contributed by atoms with Crippen LogP contribution in [0.5, 0.6) is 0 Å². The fourth-order valence-electron chi connectivity index (χ4n) is 2.78. The van der Waals surface area contributed by atoms with Crippen LogP contribution in [-0.4, -0.2) is 30.8 Å². The Hall–Kier alpha value is -2.95. The molecule has 120 valence electrons. The van der Waals surface area contributed by atoms with E-state index in [1.165, 1.54) is 0 Å². The van der Waals surface area contributed by atoms with Crippen molar-refractivity contribution < 1.29 is 14.3 Å². The van der Waals surface area contributed by atoms with E-state index in [9.17, 15) is 4.79 Å². The maximum Gasteiger partial charge on any atom is 0.301 e. The molecule has 0 bridgehead atoms. The normalized spacial score (nSPS) is 22.3. The van der Waals surface area contributed by atoms with Crippen LogP contribution in [0.3, 0.4) is 0 Å². The van der Waals surface area contributed by atoms with Gasteiger partial charge in [-0.25, -0.2) is 9.98 Å². The zero-order valence-electron chi connectivity index (χ0n) is 13.0. The van der Waals surface area contributed by atoms with Crippen LogP contribution in [0.25, 0.3) is 0 Å². The smallest absolute Gasteiger partial charge is 0.301 e. The first-order valence-electron chi connectivity index (χ1n) is 7.87. The fourth-order valence-corrected chi connectivity index (χ4v) is 2.78. The largest absolute Gasteiger partial charge is 0.472 e. The molecule has 5 heteroatoms. The summed E-state index contributed by atoms with van der Waals surface area (Å²) in [6.07, 6.45) is 0. The third kappa shape index (κ3) is 2.80. The van der Waals surface area contributed by atoms with E-state index in [4.69, 9.17) is 9.47 Å². The number of ketones is 1. The Bertz CT molecular complexity index is 732. The predicted molar refractivity (Wildman–Crippen MR) is 90.1 cm³/mol. The van der Waals surface area contributed by atoms with Gasteiger partial charge in [0, 0.05) is 0 Å². The Labute approximate surface area is 139 Å². The maximum absolute atomic E-state index is 12.5. The first kappa shape index (κ1) is 14.6. The van der Waals surface area contributed by atoms with E-state index in [2.05, 4.69) is 9.98 Å². The molecule has 0 unspecified atom stereocenters. The molecule has 0 spiro atoms. The van der Waals surface area contributed by atoms with Gasteiger partial charge in [-0.2, -0.15) is 0 Å². The number of carbonyl (C=O) groups is 1. The molecule has 2 atom stereocenters. The molecule has 0 fully saturated rings. The van der Waals surface area contributed by atoms with Gasteiger partial charge in [0.2, 0.25) is 0 Å². The molecule has 2 aliphatic rings. The molecule has 0 amide bonds. The summed E-state index contributed by atoms with van der Waals surface area (Å²) in [4.78, 5) is 21.3. The number of rotatable bonds is 4. The summed E-state index contributed by atoms with van der Waals surface area (Å²) in [7, 11) is 0. The van der Waals surface area contributed by atoms with Crippen molar-refractivity contribution in [1.82, 2.24) is 0 Å². The first-order chi connectivity index (χ1) is 11.8. The summed E-state index contributed by atoms with van der Waals surface area (Å²) < 4.78 is 10.9. The molecule has 0 aromatic heterocycles. The average molecular weight is 320 g/mol. The molecule has 5 nitrogen and oxygen atoms in total. The number of carbonyl (C=O) groups excluding carboxylic acids is 1. The zero-order chi connectivity index (χ0) is 16.4. The quantitative estimate of drug-likeness (QED) is 0.870. The fraction of sp³-hybridized carbons (Fsp3) is 0.211. The molecule has 0 N–H and O–H groups in total. The predicted octanol–water partition coefficient (Wildman–Crippen LogP) is 2.90. The van der Waals surface area contributed by atoms with Crippen molar-refractivity contribution >= 4 is 17.6 Å². The highest BCUT2D eigenvalue weighted by atomic mass is 16.5. The Balaban J connectivity index is 1.50. The van der Waals surface area contributed by atoms with Crippen molar-refractivity contribution in [3.8, 4) is 0 Å². The molecule has 2 aliphatic heterocycles. The first-order valence-corrected chi connectivity index (χ1v) is 7.87. The summed E-state index contributed by atoms with van der Waals surface area (Å²) in [6.45, 7) is 0.723. The van der Waals surface area contributed by atoms with E-state index in [1.54, 1.807) is 0 Å². The van der Waals surface area contributed by atoms with E-state index in [-0.39, 0.29) is 29.7 Å². The van der Waals surface area contributed by atoms with Crippen LogP contribution in [0.1, 0.15) is 23.2 Å². The highest BCUT2D eigenvalue weighted by Gasteiger charge is 2.33. The lowest BCUT2D eigenvalue weighted by molar-refractivity contribution is -0.109. The second kappa shape index (κ2) is 6.28. The lowest BCUT2D eigenvalue weighted by Gasteiger charge is -2.03. The van der Waals surface area contributed by atoms with Crippen LogP contribution >= 0.6 is 0 Å². The average Bonchev–Trinajstić information content (AvgIpc) is 3.33. The van der Waals surface area contributed by atoms with E-state index in [0.717, 1.165) is 11.1 Å². The zero-order valence-corrected chi connectivity index (χ0v) is 13.0. The van der Waals surface area contributed by atoms with Crippen LogP contribution in [-0.2, 0) is 14.3 Å². The van der Waals surface area contributed by atoms with Crippen molar-refractivity contribution in [2.24, 2.45) is 9.98 Å². The minimum Gasteiger partial charge on any atom is -0.472 e. The second-order valence-corrected chi connectivity index (χ2v) is 5.67.